The van der Waals surface area contributed by atoms with Crippen molar-refractivity contribution in [3.8, 4) is 0 Å². The summed E-state index contributed by atoms with van der Waals surface area (Å²) < 4.78 is 0. The van der Waals surface area contributed by atoms with Crippen molar-refractivity contribution in [1.29, 1.82) is 0 Å². The zero-order valence-electron chi connectivity index (χ0n) is 11.4. The molecule has 0 unspecified atom stereocenters. The molecule has 0 spiro atoms. The summed E-state index contributed by atoms with van der Waals surface area (Å²) in [4.78, 5) is 0. The van der Waals surface area contributed by atoms with E-state index in [4.69, 9.17) is 0 Å². The Kier molecular flexibility index (Phi) is 10.6. The van der Waals surface area contributed by atoms with Gasteiger partial charge >= 0.3 is 0 Å². The maximum absolute atomic E-state index is 4.11. The fourth-order valence-corrected chi connectivity index (χ4v) is 1.67. The van der Waals surface area contributed by atoms with Gasteiger partial charge in [0.1, 0.15) is 0 Å². The van der Waals surface area contributed by atoms with Gasteiger partial charge in [-0.05, 0) is 45.2 Å². The molecule has 16 heavy (non-hydrogen) atoms. The average molecular weight is 223 g/mol. The molecule has 0 aromatic heterocycles. The van der Waals surface area contributed by atoms with Gasteiger partial charge in [0, 0.05) is 0 Å². The van der Waals surface area contributed by atoms with Gasteiger partial charge < -0.3 is 5.32 Å². The Balaban J connectivity index is 3.95. The predicted molar refractivity (Wildman–Crippen MR) is 74.8 cm³/mol. The summed E-state index contributed by atoms with van der Waals surface area (Å²) in [6, 6.07) is 0. The standard InChI is InChI=1S/C15H29N/c1-5-8-10-15(13-14(4)6-2)11-9-12-16-7-3/h10,16H,4-9,11-13H2,1-3H3/b15-10-. The lowest BCUT2D eigenvalue weighted by atomic mass is 9.99. The van der Waals surface area contributed by atoms with Gasteiger partial charge in [0.05, 0.1) is 0 Å². The lowest BCUT2D eigenvalue weighted by Crippen LogP contribution is -2.13. The molecule has 0 aromatic carbocycles. The van der Waals surface area contributed by atoms with E-state index in [1.165, 1.54) is 31.3 Å². The van der Waals surface area contributed by atoms with Gasteiger partial charge in [-0.25, -0.2) is 0 Å². The number of unbranched alkanes of at least 4 members (excludes halogenated alkanes) is 1. The van der Waals surface area contributed by atoms with Crippen LogP contribution in [0.1, 0.15) is 59.3 Å². The van der Waals surface area contributed by atoms with E-state index in [2.05, 4.69) is 38.7 Å². The van der Waals surface area contributed by atoms with Gasteiger partial charge in [0.25, 0.3) is 0 Å². The second-order valence-corrected chi connectivity index (χ2v) is 4.39. The molecule has 0 fully saturated rings. The first-order chi connectivity index (χ1) is 7.74. The maximum Gasteiger partial charge on any atom is -0.00460 e. The summed E-state index contributed by atoms with van der Waals surface area (Å²) >= 11 is 0. The van der Waals surface area contributed by atoms with Crippen molar-refractivity contribution in [1.82, 2.24) is 5.32 Å². The fraction of sp³-hybridized carbons (Fsp3) is 0.733. The van der Waals surface area contributed by atoms with Crippen molar-refractivity contribution in [2.24, 2.45) is 0 Å². The molecule has 0 radical (unpaired) electrons. The van der Waals surface area contributed by atoms with Gasteiger partial charge in [-0.1, -0.05) is 51.0 Å². The molecule has 0 heterocycles. The van der Waals surface area contributed by atoms with E-state index < -0.39 is 0 Å². The van der Waals surface area contributed by atoms with Crippen LogP contribution in [0.4, 0.5) is 0 Å². The van der Waals surface area contributed by atoms with Crippen LogP contribution >= 0.6 is 0 Å². The number of hydrogen-bond donors (Lipinski definition) is 1. The number of rotatable bonds is 10. The predicted octanol–water partition coefficient (Wildman–Crippen LogP) is 4.46. The van der Waals surface area contributed by atoms with E-state index in [1.807, 2.05) is 0 Å². The second kappa shape index (κ2) is 10.9. The minimum Gasteiger partial charge on any atom is -0.317 e. The van der Waals surface area contributed by atoms with E-state index in [9.17, 15) is 0 Å². The van der Waals surface area contributed by atoms with Crippen LogP contribution in [0.25, 0.3) is 0 Å². The highest BCUT2D eigenvalue weighted by atomic mass is 14.8. The van der Waals surface area contributed by atoms with Crippen LogP contribution in [0.3, 0.4) is 0 Å². The fourth-order valence-electron chi connectivity index (χ4n) is 1.67. The summed E-state index contributed by atoms with van der Waals surface area (Å²) in [6.07, 6.45) is 9.58. The Labute approximate surface area is 102 Å². The minimum atomic E-state index is 1.08. The molecule has 0 aliphatic carbocycles. The summed E-state index contributed by atoms with van der Waals surface area (Å²) in [5.41, 5.74) is 2.96. The van der Waals surface area contributed by atoms with E-state index in [0.29, 0.717) is 0 Å². The molecule has 0 saturated heterocycles. The summed E-state index contributed by atoms with van der Waals surface area (Å²) in [5.74, 6) is 0. The van der Waals surface area contributed by atoms with Crippen LogP contribution in [0.5, 0.6) is 0 Å². The van der Waals surface area contributed by atoms with Gasteiger partial charge in [0.15, 0.2) is 0 Å². The zero-order chi connectivity index (χ0) is 12.2. The summed E-state index contributed by atoms with van der Waals surface area (Å²) in [5, 5.41) is 3.38. The second-order valence-electron chi connectivity index (χ2n) is 4.39. The Hall–Kier alpha value is -0.560. The van der Waals surface area contributed by atoms with Crippen LogP contribution < -0.4 is 5.32 Å². The van der Waals surface area contributed by atoms with Crippen molar-refractivity contribution < 1.29 is 0 Å². The highest BCUT2D eigenvalue weighted by Gasteiger charge is 1.99. The maximum atomic E-state index is 4.11. The van der Waals surface area contributed by atoms with Crippen molar-refractivity contribution in [3.63, 3.8) is 0 Å². The molecule has 0 amide bonds. The van der Waals surface area contributed by atoms with E-state index in [1.54, 1.807) is 5.57 Å². The van der Waals surface area contributed by atoms with Crippen molar-refractivity contribution in [3.05, 3.63) is 23.8 Å². The van der Waals surface area contributed by atoms with Crippen molar-refractivity contribution in [2.45, 2.75) is 59.3 Å². The first-order valence-corrected chi connectivity index (χ1v) is 6.79. The minimum absolute atomic E-state index is 1.08. The normalized spacial score (nSPS) is 11.8. The highest BCUT2D eigenvalue weighted by Crippen LogP contribution is 2.18. The van der Waals surface area contributed by atoms with Crippen molar-refractivity contribution >= 4 is 0 Å². The van der Waals surface area contributed by atoms with Gasteiger partial charge in [0.2, 0.25) is 0 Å². The summed E-state index contributed by atoms with van der Waals surface area (Å²) in [6.45, 7) is 12.9. The molecule has 1 N–H and O–H groups in total. The Morgan fingerprint density at radius 1 is 1.25 bits per heavy atom. The third-order valence-electron chi connectivity index (χ3n) is 2.80. The molecule has 0 atom stereocenters. The Morgan fingerprint density at radius 3 is 2.56 bits per heavy atom. The molecule has 0 rings (SSSR count). The third-order valence-corrected chi connectivity index (χ3v) is 2.80. The third kappa shape index (κ3) is 8.72. The number of allylic oxidation sites excluding steroid dienone is 3. The van der Waals surface area contributed by atoms with Crippen LogP contribution in [-0.2, 0) is 0 Å². The lowest BCUT2D eigenvalue weighted by molar-refractivity contribution is 0.663. The molecule has 94 valence electrons. The molecule has 0 bridgehead atoms. The van der Waals surface area contributed by atoms with Crippen LogP contribution in [0, 0.1) is 0 Å². The van der Waals surface area contributed by atoms with Gasteiger partial charge in [-0.2, -0.15) is 0 Å². The molecule has 1 heteroatoms. The molecule has 0 saturated carbocycles. The number of nitrogens with one attached hydrogen (secondary N) is 1. The molecule has 0 aliphatic rings. The molecule has 0 aliphatic heterocycles. The SMILES string of the molecule is C=C(CC)C/C(=C\CCC)CCCNCC. The first kappa shape index (κ1) is 15.4. The van der Waals surface area contributed by atoms with E-state index >= 15 is 0 Å². The molecule has 1 nitrogen and oxygen atoms in total. The quantitative estimate of drug-likeness (QED) is 0.426. The van der Waals surface area contributed by atoms with Crippen molar-refractivity contribution in [2.75, 3.05) is 13.1 Å². The van der Waals surface area contributed by atoms with E-state index in [-0.39, 0.29) is 0 Å². The lowest BCUT2D eigenvalue weighted by Gasteiger charge is -2.09. The Morgan fingerprint density at radius 2 is 2.00 bits per heavy atom. The monoisotopic (exact) mass is 223 g/mol. The first-order valence-electron chi connectivity index (χ1n) is 6.79. The molecular weight excluding hydrogens is 194 g/mol. The van der Waals surface area contributed by atoms with Crippen LogP contribution in [0.2, 0.25) is 0 Å². The largest absolute Gasteiger partial charge is 0.317 e. The number of hydrogen-bond acceptors (Lipinski definition) is 1. The topological polar surface area (TPSA) is 12.0 Å². The molecular formula is C15H29N. The molecule has 0 aromatic rings. The van der Waals surface area contributed by atoms with Crippen LogP contribution in [0.15, 0.2) is 23.8 Å². The zero-order valence-corrected chi connectivity index (χ0v) is 11.4. The highest BCUT2D eigenvalue weighted by molar-refractivity contribution is 5.12. The van der Waals surface area contributed by atoms with Gasteiger partial charge in [-0.3, -0.25) is 0 Å². The van der Waals surface area contributed by atoms with E-state index in [0.717, 1.165) is 25.9 Å². The smallest absolute Gasteiger partial charge is 0.00460 e. The average Bonchev–Trinajstić information content (AvgIpc) is 2.30. The van der Waals surface area contributed by atoms with Crippen LogP contribution in [-0.4, -0.2) is 13.1 Å². The Bertz CT molecular complexity index is 203. The summed E-state index contributed by atoms with van der Waals surface area (Å²) in [7, 11) is 0. The van der Waals surface area contributed by atoms with Gasteiger partial charge in [-0.15, -0.1) is 0 Å².